The molecule has 0 saturated heterocycles. The monoisotopic (exact) mass is 340 g/mol. The Morgan fingerprint density at radius 3 is 2.79 bits per heavy atom. The van der Waals surface area contributed by atoms with Crippen molar-refractivity contribution in [3.63, 3.8) is 0 Å². The Hall–Kier alpha value is -2.77. The first-order valence-electron chi connectivity index (χ1n) is 7.54. The number of nitrogens with one attached hydrogen (secondary N) is 1. The number of rotatable bonds is 6. The Morgan fingerprint density at radius 2 is 2.08 bits per heavy atom. The first kappa shape index (κ1) is 17.6. The molecule has 0 saturated carbocycles. The van der Waals surface area contributed by atoms with Crippen LogP contribution in [-0.4, -0.2) is 12.5 Å². The lowest BCUT2D eigenvalue weighted by molar-refractivity contribution is -0.112. The highest BCUT2D eigenvalue weighted by molar-refractivity contribution is 6.31. The van der Waals surface area contributed by atoms with Gasteiger partial charge in [-0.25, -0.2) is 0 Å². The van der Waals surface area contributed by atoms with Crippen molar-refractivity contribution < 1.29 is 9.53 Å². The number of carbonyl (C=O) groups excluding carboxylic acids is 1. The van der Waals surface area contributed by atoms with Crippen molar-refractivity contribution in [3.8, 4) is 11.8 Å². The summed E-state index contributed by atoms with van der Waals surface area (Å²) < 4.78 is 5.64. The molecule has 0 aliphatic rings. The molecule has 1 N–H and O–H groups in total. The third kappa shape index (κ3) is 4.87. The van der Waals surface area contributed by atoms with E-state index in [-0.39, 0.29) is 5.57 Å². The lowest BCUT2D eigenvalue weighted by Gasteiger charge is -2.09. The Balaban J connectivity index is 2.23. The Morgan fingerprint density at radius 1 is 1.29 bits per heavy atom. The molecule has 0 spiro atoms. The van der Waals surface area contributed by atoms with Crippen LogP contribution >= 0.6 is 11.6 Å². The molecule has 0 radical (unpaired) electrons. The molecule has 0 aliphatic heterocycles. The maximum Gasteiger partial charge on any atom is 0.266 e. The van der Waals surface area contributed by atoms with Gasteiger partial charge >= 0.3 is 0 Å². The summed E-state index contributed by atoms with van der Waals surface area (Å²) >= 11 is 5.89. The van der Waals surface area contributed by atoms with E-state index >= 15 is 0 Å². The third-order valence-corrected chi connectivity index (χ3v) is 3.36. The summed E-state index contributed by atoms with van der Waals surface area (Å²) in [7, 11) is 0. The highest BCUT2D eigenvalue weighted by Crippen LogP contribution is 2.22. The van der Waals surface area contributed by atoms with Crippen LogP contribution in [-0.2, 0) is 4.79 Å². The fraction of sp³-hybridized carbons (Fsp3) is 0.158. The number of halogens is 1. The summed E-state index contributed by atoms with van der Waals surface area (Å²) in [6, 6.07) is 16.0. The van der Waals surface area contributed by atoms with Gasteiger partial charge in [0.2, 0.25) is 0 Å². The number of amides is 1. The highest BCUT2D eigenvalue weighted by atomic mass is 35.5. The minimum Gasteiger partial charge on any atom is -0.493 e. The first-order chi connectivity index (χ1) is 11.6. The SMILES string of the molecule is CCCOc1ccccc1/C=C(\C#N)C(=O)Nc1cccc(Cl)c1. The van der Waals surface area contributed by atoms with Gasteiger partial charge in [-0.3, -0.25) is 4.79 Å². The van der Waals surface area contributed by atoms with Gasteiger partial charge in [0.05, 0.1) is 6.61 Å². The molecular formula is C19H17ClN2O2. The van der Waals surface area contributed by atoms with Crippen molar-refractivity contribution in [1.82, 2.24) is 0 Å². The molecule has 2 rings (SSSR count). The molecule has 0 unspecified atom stereocenters. The van der Waals surface area contributed by atoms with Crippen LogP contribution < -0.4 is 10.1 Å². The average molecular weight is 341 g/mol. The van der Waals surface area contributed by atoms with Gasteiger partial charge in [0, 0.05) is 16.3 Å². The second kappa shape index (κ2) is 8.76. The van der Waals surface area contributed by atoms with Crippen molar-refractivity contribution >= 4 is 29.3 Å². The zero-order chi connectivity index (χ0) is 17.4. The highest BCUT2D eigenvalue weighted by Gasteiger charge is 2.11. The van der Waals surface area contributed by atoms with Crippen LogP contribution in [0.1, 0.15) is 18.9 Å². The number of hydrogen-bond donors (Lipinski definition) is 1. The quantitative estimate of drug-likeness (QED) is 0.613. The number of ether oxygens (including phenoxy) is 1. The van der Waals surface area contributed by atoms with Crippen molar-refractivity contribution in [1.29, 1.82) is 5.26 Å². The summed E-state index contributed by atoms with van der Waals surface area (Å²) in [5, 5.41) is 12.5. The molecule has 122 valence electrons. The van der Waals surface area contributed by atoms with E-state index in [0.29, 0.717) is 28.6 Å². The van der Waals surface area contributed by atoms with Crippen LogP contribution in [0.2, 0.25) is 5.02 Å². The minimum atomic E-state index is -0.495. The van der Waals surface area contributed by atoms with Gasteiger partial charge in [0.25, 0.3) is 5.91 Å². The van der Waals surface area contributed by atoms with Gasteiger partial charge < -0.3 is 10.1 Å². The molecule has 24 heavy (non-hydrogen) atoms. The van der Waals surface area contributed by atoms with E-state index in [0.717, 1.165) is 6.42 Å². The fourth-order valence-corrected chi connectivity index (χ4v) is 2.20. The second-order valence-corrected chi connectivity index (χ2v) is 5.46. The Kier molecular flexibility index (Phi) is 6.41. The molecule has 0 aromatic heterocycles. The third-order valence-electron chi connectivity index (χ3n) is 3.13. The van der Waals surface area contributed by atoms with Gasteiger partial charge in [-0.1, -0.05) is 42.8 Å². The molecule has 4 nitrogen and oxygen atoms in total. The Labute approximate surface area is 146 Å². The number of hydrogen-bond acceptors (Lipinski definition) is 3. The fourth-order valence-electron chi connectivity index (χ4n) is 2.01. The van der Waals surface area contributed by atoms with Gasteiger partial charge in [-0.15, -0.1) is 0 Å². The molecular weight excluding hydrogens is 324 g/mol. The van der Waals surface area contributed by atoms with Gasteiger partial charge in [0.1, 0.15) is 17.4 Å². The summed E-state index contributed by atoms with van der Waals surface area (Å²) in [5.74, 6) is 0.146. The lowest BCUT2D eigenvalue weighted by atomic mass is 10.1. The predicted octanol–water partition coefficient (Wildman–Crippen LogP) is 4.67. The van der Waals surface area contributed by atoms with Crippen molar-refractivity contribution in [2.45, 2.75) is 13.3 Å². The standard InChI is InChI=1S/C19H17ClN2O2/c1-2-10-24-18-9-4-3-6-14(18)11-15(13-21)19(23)22-17-8-5-7-16(20)12-17/h3-9,11-12H,2,10H2,1H3,(H,22,23)/b15-11+. The van der Waals surface area contributed by atoms with Crippen LogP contribution in [0, 0.1) is 11.3 Å². The number of benzene rings is 2. The van der Waals surface area contributed by atoms with Crippen molar-refractivity contribution in [2.75, 3.05) is 11.9 Å². The number of para-hydroxylation sites is 1. The summed E-state index contributed by atoms with van der Waals surface area (Å²) in [6.07, 6.45) is 2.39. The molecule has 0 atom stereocenters. The molecule has 0 aliphatic carbocycles. The van der Waals surface area contributed by atoms with Crippen LogP contribution in [0.5, 0.6) is 5.75 Å². The van der Waals surface area contributed by atoms with E-state index in [9.17, 15) is 10.1 Å². The van der Waals surface area contributed by atoms with Crippen LogP contribution in [0.4, 0.5) is 5.69 Å². The molecule has 0 heterocycles. The van der Waals surface area contributed by atoms with E-state index in [1.165, 1.54) is 6.08 Å². The van der Waals surface area contributed by atoms with E-state index in [4.69, 9.17) is 16.3 Å². The maximum absolute atomic E-state index is 12.3. The van der Waals surface area contributed by atoms with Crippen molar-refractivity contribution in [3.05, 3.63) is 64.7 Å². The number of nitrogens with zero attached hydrogens (tertiary/aromatic N) is 1. The van der Waals surface area contributed by atoms with Crippen LogP contribution in [0.3, 0.4) is 0 Å². The summed E-state index contributed by atoms with van der Waals surface area (Å²) in [5.41, 5.74) is 1.20. The van der Waals surface area contributed by atoms with E-state index < -0.39 is 5.91 Å². The first-order valence-corrected chi connectivity index (χ1v) is 7.92. The molecule has 5 heteroatoms. The van der Waals surface area contributed by atoms with Crippen LogP contribution in [0.25, 0.3) is 6.08 Å². The van der Waals surface area contributed by atoms with Gasteiger partial charge in [-0.05, 0) is 36.8 Å². The average Bonchev–Trinajstić information content (AvgIpc) is 2.58. The number of nitriles is 1. The lowest BCUT2D eigenvalue weighted by Crippen LogP contribution is -2.13. The second-order valence-electron chi connectivity index (χ2n) is 5.02. The molecule has 2 aromatic carbocycles. The molecule has 0 fully saturated rings. The smallest absolute Gasteiger partial charge is 0.266 e. The zero-order valence-corrected chi connectivity index (χ0v) is 14.0. The summed E-state index contributed by atoms with van der Waals surface area (Å²) in [6.45, 7) is 2.58. The largest absolute Gasteiger partial charge is 0.493 e. The molecule has 0 bridgehead atoms. The maximum atomic E-state index is 12.3. The van der Waals surface area contributed by atoms with E-state index in [1.54, 1.807) is 30.3 Å². The van der Waals surface area contributed by atoms with E-state index in [1.807, 2.05) is 31.2 Å². The molecule has 2 aromatic rings. The van der Waals surface area contributed by atoms with E-state index in [2.05, 4.69) is 5.32 Å². The van der Waals surface area contributed by atoms with Gasteiger partial charge in [-0.2, -0.15) is 5.26 Å². The molecule has 1 amide bonds. The number of anilines is 1. The number of carbonyl (C=O) groups is 1. The minimum absolute atomic E-state index is 0.0116. The van der Waals surface area contributed by atoms with Gasteiger partial charge in [0.15, 0.2) is 0 Å². The summed E-state index contributed by atoms with van der Waals surface area (Å²) in [4.78, 5) is 12.3. The predicted molar refractivity (Wildman–Crippen MR) is 95.9 cm³/mol. The normalized spacial score (nSPS) is 10.8. The Bertz CT molecular complexity index is 794. The topological polar surface area (TPSA) is 62.1 Å². The zero-order valence-electron chi connectivity index (χ0n) is 13.3. The van der Waals surface area contributed by atoms with Crippen molar-refractivity contribution in [2.24, 2.45) is 0 Å². The van der Waals surface area contributed by atoms with Crippen LogP contribution in [0.15, 0.2) is 54.1 Å².